The van der Waals surface area contributed by atoms with Crippen LogP contribution in [0.25, 0.3) is 0 Å². The molecular formula is C18H36N2O. The number of hydrogen-bond acceptors (Lipinski definition) is 2. The van der Waals surface area contributed by atoms with Crippen LogP contribution in [-0.4, -0.2) is 25.5 Å². The quantitative estimate of drug-likeness (QED) is 0.534. The minimum Gasteiger partial charge on any atom is -0.356 e. The van der Waals surface area contributed by atoms with E-state index in [1.165, 1.54) is 44.9 Å². The monoisotopic (exact) mass is 296 g/mol. The predicted octanol–water partition coefficient (Wildman–Crippen LogP) is 4.02. The van der Waals surface area contributed by atoms with Gasteiger partial charge in [0.15, 0.2) is 0 Å². The fourth-order valence-corrected chi connectivity index (χ4v) is 3.39. The molecule has 0 aromatic heterocycles. The minimum atomic E-state index is -0.116. The molecule has 0 saturated carbocycles. The van der Waals surface area contributed by atoms with Crippen molar-refractivity contribution in [1.82, 2.24) is 10.6 Å². The highest BCUT2D eigenvalue weighted by molar-refractivity contribution is 5.83. The molecule has 2 N–H and O–H groups in total. The van der Waals surface area contributed by atoms with E-state index in [4.69, 9.17) is 0 Å². The van der Waals surface area contributed by atoms with Crippen LogP contribution >= 0.6 is 0 Å². The maximum Gasteiger partial charge on any atom is 0.227 e. The molecule has 0 spiro atoms. The van der Waals surface area contributed by atoms with E-state index >= 15 is 0 Å². The van der Waals surface area contributed by atoms with E-state index in [0.29, 0.717) is 0 Å². The molecule has 1 saturated heterocycles. The van der Waals surface area contributed by atoms with Crippen LogP contribution in [0.3, 0.4) is 0 Å². The van der Waals surface area contributed by atoms with Gasteiger partial charge in [-0.25, -0.2) is 0 Å². The second-order valence-corrected chi connectivity index (χ2v) is 6.69. The van der Waals surface area contributed by atoms with Gasteiger partial charge in [0.25, 0.3) is 0 Å². The molecule has 124 valence electrons. The number of amides is 1. The van der Waals surface area contributed by atoms with Crippen LogP contribution in [0.15, 0.2) is 0 Å². The lowest BCUT2D eigenvalue weighted by atomic mass is 9.81. The Labute approximate surface area is 131 Å². The van der Waals surface area contributed by atoms with E-state index in [9.17, 15) is 4.79 Å². The summed E-state index contributed by atoms with van der Waals surface area (Å²) in [5, 5.41) is 6.54. The van der Waals surface area contributed by atoms with Crippen molar-refractivity contribution < 1.29 is 4.79 Å². The summed E-state index contributed by atoms with van der Waals surface area (Å²) in [5.41, 5.74) is -0.116. The lowest BCUT2D eigenvalue weighted by Crippen LogP contribution is -2.42. The number of nitrogens with one attached hydrogen (secondary N) is 2. The molecule has 0 aromatic rings. The molecule has 1 rings (SSSR count). The van der Waals surface area contributed by atoms with Gasteiger partial charge in [0.2, 0.25) is 5.91 Å². The second kappa shape index (κ2) is 11.1. The molecule has 1 unspecified atom stereocenters. The topological polar surface area (TPSA) is 41.1 Å². The number of hydrogen-bond donors (Lipinski definition) is 2. The third-order valence-electron chi connectivity index (χ3n) is 4.77. The molecule has 21 heavy (non-hydrogen) atoms. The fraction of sp³-hybridized carbons (Fsp3) is 0.944. The zero-order valence-electron chi connectivity index (χ0n) is 14.3. The smallest absolute Gasteiger partial charge is 0.227 e. The van der Waals surface area contributed by atoms with Gasteiger partial charge in [-0.3, -0.25) is 4.79 Å². The highest BCUT2D eigenvalue weighted by Gasteiger charge is 2.39. The first-order chi connectivity index (χ1) is 10.2. The molecule has 3 heteroatoms. The first-order valence-electron chi connectivity index (χ1n) is 9.24. The highest BCUT2D eigenvalue weighted by Crippen LogP contribution is 2.31. The average molecular weight is 296 g/mol. The van der Waals surface area contributed by atoms with E-state index < -0.39 is 0 Å². The van der Waals surface area contributed by atoms with Gasteiger partial charge in [-0.1, -0.05) is 65.2 Å². The van der Waals surface area contributed by atoms with Gasteiger partial charge in [0.1, 0.15) is 0 Å². The summed E-state index contributed by atoms with van der Waals surface area (Å²) in [6.45, 7) is 7.15. The van der Waals surface area contributed by atoms with E-state index in [-0.39, 0.29) is 11.3 Å². The third kappa shape index (κ3) is 6.82. The Morgan fingerprint density at radius 1 is 1.00 bits per heavy atom. The highest BCUT2D eigenvalue weighted by atomic mass is 16.2. The Balaban J connectivity index is 2.05. The van der Waals surface area contributed by atoms with Crippen molar-refractivity contribution in [2.75, 3.05) is 19.6 Å². The Hall–Kier alpha value is -0.570. The van der Waals surface area contributed by atoms with Crippen LogP contribution in [-0.2, 0) is 4.79 Å². The molecular weight excluding hydrogens is 260 g/mol. The molecule has 1 aliphatic rings. The molecule has 0 aromatic carbocycles. The molecule has 1 heterocycles. The van der Waals surface area contributed by atoms with Crippen molar-refractivity contribution in [2.45, 2.75) is 84.5 Å². The lowest BCUT2D eigenvalue weighted by Gasteiger charge is -2.26. The average Bonchev–Trinajstić information content (AvgIpc) is 2.95. The molecule has 0 aliphatic carbocycles. The van der Waals surface area contributed by atoms with Gasteiger partial charge in [-0.05, 0) is 25.8 Å². The van der Waals surface area contributed by atoms with Crippen molar-refractivity contribution >= 4 is 5.91 Å². The first-order valence-corrected chi connectivity index (χ1v) is 9.24. The molecule has 3 nitrogen and oxygen atoms in total. The Morgan fingerprint density at radius 3 is 2.24 bits per heavy atom. The number of rotatable bonds is 12. The number of carbonyl (C=O) groups excluding carboxylic acids is 1. The summed E-state index contributed by atoms with van der Waals surface area (Å²) in [4.78, 5) is 12.4. The van der Waals surface area contributed by atoms with Crippen LogP contribution < -0.4 is 10.6 Å². The van der Waals surface area contributed by atoms with Crippen LogP contribution in [0, 0.1) is 5.41 Å². The van der Waals surface area contributed by atoms with Crippen molar-refractivity contribution in [3.8, 4) is 0 Å². The van der Waals surface area contributed by atoms with Crippen LogP contribution in [0.4, 0.5) is 0 Å². The van der Waals surface area contributed by atoms with E-state index in [1.807, 2.05) is 0 Å². The van der Waals surface area contributed by atoms with Gasteiger partial charge in [0, 0.05) is 13.1 Å². The van der Waals surface area contributed by atoms with Gasteiger partial charge < -0.3 is 10.6 Å². The van der Waals surface area contributed by atoms with Crippen molar-refractivity contribution in [3.63, 3.8) is 0 Å². The standard InChI is InChI=1S/C18H36N2O/c1-3-5-6-7-8-9-10-11-14-20-17(21)18(12-4-2)13-15-19-16-18/h19H,3-16H2,1-2H3,(H,20,21). The van der Waals surface area contributed by atoms with Crippen molar-refractivity contribution in [3.05, 3.63) is 0 Å². The maximum absolute atomic E-state index is 12.4. The molecule has 1 aliphatic heterocycles. The Kier molecular flexibility index (Phi) is 9.73. The van der Waals surface area contributed by atoms with Crippen molar-refractivity contribution in [1.29, 1.82) is 0 Å². The van der Waals surface area contributed by atoms with E-state index in [2.05, 4.69) is 24.5 Å². The Bertz CT molecular complexity index is 272. The van der Waals surface area contributed by atoms with E-state index in [0.717, 1.165) is 45.3 Å². The SMILES string of the molecule is CCCCCCCCCCNC(=O)C1(CCC)CCNC1. The third-order valence-corrected chi connectivity index (χ3v) is 4.77. The summed E-state index contributed by atoms with van der Waals surface area (Å²) >= 11 is 0. The summed E-state index contributed by atoms with van der Waals surface area (Å²) in [6.07, 6.45) is 13.6. The normalized spacial score (nSPS) is 21.6. The van der Waals surface area contributed by atoms with Gasteiger partial charge >= 0.3 is 0 Å². The largest absolute Gasteiger partial charge is 0.356 e. The van der Waals surface area contributed by atoms with Crippen LogP contribution in [0.2, 0.25) is 0 Å². The maximum atomic E-state index is 12.4. The zero-order chi connectivity index (χ0) is 15.4. The van der Waals surface area contributed by atoms with Gasteiger partial charge in [0.05, 0.1) is 5.41 Å². The van der Waals surface area contributed by atoms with E-state index in [1.54, 1.807) is 0 Å². The fourth-order valence-electron chi connectivity index (χ4n) is 3.39. The lowest BCUT2D eigenvalue weighted by molar-refractivity contribution is -0.130. The summed E-state index contributed by atoms with van der Waals surface area (Å²) in [5.74, 6) is 0.289. The molecule has 0 bridgehead atoms. The first kappa shape index (κ1) is 18.5. The molecule has 1 atom stereocenters. The molecule has 1 amide bonds. The summed E-state index contributed by atoms with van der Waals surface area (Å²) in [6, 6.07) is 0. The van der Waals surface area contributed by atoms with Gasteiger partial charge in [-0.15, -0.1) is 0 Å². The second-order valence-electron chi connectivity index (χ2n) is 6.69. The molecule has 0 radical (unpaired) electrons. The Morgan fingerprint density at radius 2 is 1.67 bits per heavy atom. The number of carbonyl (C=O) groups is 1. The van der Waals surface area contributed by atoms with Gasteiger partial charge in [-0.2, -0.15) is 0 Å². The molecule has 1 fully saturated rings. The van der Waals surface area contributed by atoms with Crippen molar-refractivity contribution in [2.24, 2.45) is 5.41 Å². The zero-order valence-corrected chi connectivity index (χ0v) is 14.3. The minimum absolute atomic E-state index is 0.116. The predicted molar refractivity (Wildman–Crippen MR) is 90.4 cm³/mol. The summed E-state index contributed by atoms with van der Waals surface area (Å²) in [7, 11) is 0. The summed E-state index contributed by atoms with van der Waals surface area (Å²) < 4.78 is 0. The number of unbranched alkanes of at least 4 members (excludes halogenated alkanes) is 7. The van der Waals surface area contributed by atoms with Crippen LogP contribution in [0.5, 0.6) is 0 Å². The van der Waals surface area contributed by atoms with Crippen LogP contribution in [0.1, 0.15) is 84.5 Å².